The van der Waals surface area contributed by atoms with E-state index in [0.717, 1.165) is 25.6 Å². The molecule has 1 aliphatic heterocycles. The Morgan fingerprint density at radius 1 is 1.05 bits per heavy atom. The monoisotopic (exact) mass is 282 g/mol. The van der Waals surface area contributed by atoms with Crippen molar-refractivity contribution in [2.75, 3.05) is 39.3 Å². The van der Waals surface area contributed by atoms with Crippen molar-refractivity contribution in [3.63, 3.8) is 0 Å². The minimum atomic E-state index is 0.191. The molecule has 0 spiro atoms. The fraction of sp³-hybridized carbons (Fsp3) is 1.00. The van der Waals surface area contributed by atoms with Gasteiger partial charge in [0, 0.05) is 50.3 Å². The summed E-state index contributed by atoms with van der Waals surface area (Å²) in [5.74, 6) is 0.854. The molecule has 2 fully saturated rings. The summed E-state index contributed by atoms with van der Waals surface area (Å²) in [6, 6.07) is 0. The van der Waals surface area contributed by atoms with Gasteiger partial charge in [-0.15, -0.1) is 0 Å². The third kappa shape index (κ3) is 3.96. The molecule has 0 aromatic heterocycles. The summed E-state index contributed by atoms with van der Waals surface area (Å²) < 4.78 is 0. The molecule has 1 heterocycles. The van der Waals surface area contributed by atoms with E-state index in [0.29, 0.717) is 12.1 Å². The van der Waals surface area contributed by atoms with E-state index in [4.69, 9.17) is 0 Å². The van der Waals surface area contributed by atoms with E-state index in [9.17, 15) is 5.11 Å². The van der Waals surface area contributed by atoms with Crippen LogP contribution in [0.25, 0.3) is 0 Å². The molecule has 3 heteroatoms. The first-order valence-corrected chi connectivity index (χ1v) is 8.43. The number of aliphatic hydroxyl groups excluding tert-OH is 1. The van der Waals surface area contributed by atoms with Crippen LogP contribution in [-0.2, 0) is 0 Å². The Labute approximate surface area is 125 Å². The lowest BCUT2D eigenvalue weighted by Gasteiger charge is -2.46. The van der Waals surface area contributed by atoms with E-state index in [1.165, 1.54) is 38.8 Å². The molecule has 1 saturated carbocycles. The molecule has 1 aliphatic carbocycles. The lowest BCUT2D eigenvalue weighted by Crippen LogP contribution is -2.55. The first-order chi connectivity index (χ1) is 9.35. The highest BCUT2D eigenvalue weighted by molar-refractivity contribution is 4.89. The highest BCUT2D eigenvalue weighted by Gasteiger charge is 2.36. The van der Waals surface area contributed by atoms with Gasteiger partial charge in [-0.05, 0) is 39.5 Å². The Morgan fingerprint density at radius 3 is 2.05 bits per heavy atom. The highest BCUT2D eigenvalue weighted by Crippen LogP contribution is 2.39. The molecule has 0 aromatic rings. The van der Waals surface area contributed by atoms with Crippen LogP contribution in [-0.4, -0.2) is 59.8 Å². The van der Waals surface area contributed by atoms with E-state index in [1.807, 2.05) is 0 Å². The van der Waals surface area contributed by atoms with Gasteiger partial charge < -0.3 is 10.0 Å². The van der Waals surface area contributed by atoms with Crippen LogP contribution in [0.4, 0.5) is 0 Å². The zero-order valence-electron chi connectivity index (χ0n) is 14.0. The number of hydrogen-bond acceptors (Lipinski definition) is 3. The van der Waals surface area contributed by atoms with Gasteiger partial charge in [0.05, 0.1) is 0 Å². The first kappa shape index (κ1) is 16.3. The van der Waals surface area contributed by atoms with Crippen molar-refractivity contribution in [1.29, 1.82) is 0 Å². The molecular weight excluding hydrogens is 248 g/mol. The zero-order valence-corrected chi connectivity index (χ0v) is 14.0. The van der Waals surface area contributed by atoms with Gasteiger partial charge in [-0.1, -0.05) is 19.8 Å². The molecule has 0 unspecified atom stereocenters. The summed E-state index contributed by atoms with van der Waals surface area (Å²) in [7, 11) is 0. The van der Waals surface area contributed by atoms with Crippen molar-refractivity contribution in [2.24, 2.45) is 11.3 Å². The van der Waals surface area contributed by atoms with Crippen LogP contribution in [0, 0.1) is 11.3 Å². The minimum Gasteiger partial charge on any atom is -0.396 e. The summed E-state index contributed by atoms with van der Waals surface area (Å²) in [6.45, 7) is 15.4. The zero-order chi connectivity index (χ0) is 14.8. The summed E-state index contributed by atoms with van der Waals surface area (Å²) >= 11 is 0. The van der Waals surface area contributed by atoms with Crippen LogP contribution >= 0.6 is 0 Å². The van der Waals surface area contributed by atoms with Crippen LogP contribution in [0.3, 0.4) is 0 Å². The van der Waals surface area contributed by atoms with Crippen molar-refractivity contribution in [3.8, 4) is 0 Å². The highest BCUT2D eigenvalue weighted by atomic mass is 16.3. The number of aliphatic hydroxyl groups is 1. The predicted molar refractivity (Wildman–Crippen MR) is 84.9 cm³/mol. The Bertz CT molecular complexity index is 295. The molecule has 2 rings (SSSR count). The Balaban J connectivity index is 1.85. The molecule has 0 bridgehead atoms. The van der Waals surface area contributed by atoms with Crippen LogP contribution in [0.15, 0.2) is 0 Å². The van der Waals surface area contributed by atoms with Crippen LogP contribution in [0.1, 0.15) is 53.4 Å². The maximum absolute atomic E-state index is 9.90. The molecule has 118 valence electrons. The molecule has 0 amide bonds. The molecule has 3 nitrogen and oxygen atoms in total. The molecular formula is C17H34N2O. The van der Waals surface area contributed by atoms with Gasteiger partial charge in [-0.3, -0.25) is 4.90 Å². The van der Waals surface area contributed by atoms with Gasteiger partial charge in [0.15, 0.2) is 0 Å². The SMILES string of the molecule is CC1CCC(CO)(CN2CCN(C(C)(C)C)CC2)CC1. The number of nitrogens with zero attached hydrogens (tertiary/aromatic N) is 2. The topological polar surface area (TPSA) is 26.7 Å². The molecule has 2 aliphatic rings. The third-order valence-electron chi connectivity index (χ3n) is 5.55. The maximum Gasteiger partial charge on any atom is 0.0499 e. The molecule has 1 saturated heterocycles. The van der Waals surface area contributed by atoms with Crippen LogP contribution < -0.4 is 0 Å². The van der Waals surface area contributed by atoms with Gasteiger partial charge in [-0.2, -0.15) is 0 Å². The molecule has 0 aromatic carbocycles. The van der Waals surface area contributed by atoms with Gasteiger partial charge >= 0.3 is 0 Å². The maximum atomic E-state index is 9.90. The van der Waals surface area contributed by atoms with Gasteiger partial charge in [0.1, 0.15) is 0 Å². The average Bonchev–Trinajstić information content (AvgIpc) is 2.41. The molecule has 1 N–H and O–H groups in total. The van der Waals surface area contributed by atoms with Crippen molar-refractivity contribution in [1.82, 2.24) is 9.80 Å². The van der Waals surface area contributed by atoms with Crippen molar-refractivity contribution in [2.45, 2.75) is 58.9 Å². The van der Waals surface area contributed by atoms with E-state index in [-0.39, 0.29) is 5.41 Å². The van der Waals surface area contributed by atoms with E-state index in [2.05, 4.69) is 37.5 Å². The number of hydrogen-bond donors (Lipinski definition) is 1. The largest absolute Gasteiger partial charge is 0.396 e. The van der Waals surface area contributed by atoms with Crippen molar-refractivity contribution in [3.05, 3.63) is 0 Å². The summed E-state index contributed by atoms with van der Waals surface area (Å²) in [6.07, 6.45) is 5.01. The Kier molecular flexibility index (Phi) is 5.14. The fourth-order valence-corrected chi connectivity index (χ4v) is 3.79. The fourth-order valence-electron chi connectivity index (χ4n) is 3.79. The van der Waals surface area contributed by atoms with Crippen molar-refractivity contribution >= 4 is 0 Å². The Morgan fingerprint density at radius 2 is 1.60 bits per heavy atom. The minimum absolute atomic E-state index is 0.191. The normalized spacial score (nSPS) is 34.4. The number of piperazine rings is 1. The summed E-state index contributed by atoms with van der Waals surface area (Å²) in [5.41, 5.74) is 0.484. The van der Waals surface area contributed by atoms with Crippen LogP contribution in [0.5, 0.6) is 0 Å². The first-order valence-electron chi connectivity index (χ1n) is 8.43. The summed E-state index contributed by atoms with van der Waals surface area (Å²) in [4.78, 5) is 5.17. The van der Waals surface area contributed by atoms with E-state index in [1.54, 1.807) is 0 Å². The predicted octanol–water partition coefficient (Wildman–Crippen LogP) is 2.59. The van der Waals surface area contributed by atoms with E-state index >= 15 is 0 Å². The third-order valence-corrected chi connectivity index (χ3v) is 5.55. The second-order valence-corrected chi connectivity index (χ2v) is 8.27. The van der Waals surface area contributed by atoms with Gasteiger partial charge in [0.2, 0.25) is 0 Å². The van der Waals surface area contributed by atoms with Gasteiger partial charge in [-0.25, -0.2) is 0 Å². The average molecular weight is 282 g/mol. The number of rotatable bonds is 3. The lowest BCUT2D eigenvalue weighted by atomic mass is 9.71. The Hall–Kier alpha value is -0.120. The van der Waals surface area contributed by atoms with Crippen molar-refractivity contribution < 1.29 is 5.11 Å². The standard InChI is InChI=1S/C17H34N2O/c1-15-5-7-17(14-20,8-6-15)13-18-9-11-19(12-10-18)16(2,3)4/h15,20H,5-14H2,1-4H3. The smallest absolute Gasteiger partial charge is 0.0499 e. The van der Waals surface area contributed by atoms with Crippen LogP contribution in [0.2, 0.25) is 0 Å². The molecule has 0 radical (unpaired) electrons. The quantitative estimate of drug-likeness (QED) is 0.862. The lowest BCUT2D eigenvalue weighted by molar-refractivity contribution is -0.00122. The van der Waals surface area contributed by atoms with Gasteiger partial charge in [0.25, 0.3) is 0 Å². The van der Waals surface area contributed by atoms with E-state index < -0.39 is 0 Å². The second-order valence-electron chi connectivity index (χ2n) is 8.27. The molecule has 20 heavy (non-hydrogen) atoms. The second kappa shape index (κ2) is 6.33. The summed E-state index contributed by atoms with van der Waals surface area (Å²) in [5, 5.41) is 9.90. The molecule has 0 atom stereocenters.